The first-order chi connectivity index (χ1) is 8.63. The highest BCUT2D eigenvalue weighted by Crippen LogP contribution is 2.38. The molecule has 0 spiro atoms. The number of hydrogen-bond donors (Lipinski definition) is 1. The molecule has 1 atom stereocenters. The number of hydrogen-bond acceptors (Lipinski definition) is 6. The van der Waals surface area contributed by atoms with Crippen molar-refractivity contribution in [2.24, 2.45) is 0 Å². The summed E-state index contributed by atoms with van der Waals surface area (Å²) in [7, 11) is 4.28. The molecule has 0 saturated carbocycles. The molecule has 1 fully saturated rings. The largest absolute Gasteiger partial charge is 0.487 e. The fourth-order valence-corrected chi connectivity index (χ4v) is 3.14. The van der Waals surface area contributed by atoms with Crippen molar-refractivity contribution in [2.75, 3.05) is 44.4 Å². The predicted octanol–water partition coefficient (Wildman–Crippen LogP) is 1.65. The van der Waals surface area contributed by atoms with Gasteiger partial charge in [-0.2, -0.15) is 4.37 Å². The van der Waals surface area contributed by atoms with E-state index in [1.165, 1.54) is 30.9 Å². The maximum absolute atomic E-state index is 5.84. The van der Waals surface area contributed by atoms with Gasteiger partial charge < -0.3 is 20.3 Å². The van der Waals surface area contributed by atoms with Gasteiger partial charge in [0.25, 0.3) is 0 Å². The highest BCUT2D eigenvalue weighted by atomic mass is 32.1. The van der Waals surface area contributed by atoms with Crippen LogP contribution in [0.3, 0.4) is 0 Å². The molecule has 1 aromatic heterocycles. The Bertz CT molecular complexity index is 395. The Morgan fingerprint density at radius 2 is 2.39 bits per heavy atom. The SMILES string of the molecule is CCOc1c(N)nsc1N(C)CC1CCCN1C. The number of nitrogens with two attached hydrogens (primary N) is 1. The summed E-state index contributed by atoms with van der Waals surface area (Å²) in [4.78, 5) is 4.63. The average Bonchev–Trinajstić information content (AvgIpc) is 2.88. The Morgan fingerprint density at radius 1 is 1.61 bits per heavy atom. The van der Waals surface area contributed by atoms with Gasteiger partial charge in [-0.25, -0.2) is 0 Å². The predicted molar refractivity (Wildman–Crippen MR) is 76.6 cm³/mol. The lowest BCUT2D eigenvalue weighted by atomic mass is 10.2. The number of likely N-dealkylation sites (tertiary alicyclic amines) is 1. The third-order valence-electron chi connectivity index (χ3n) is 3.45. The molecule has 0 amide bonds. The van der Waals surface area contributed by atoms with Crippen LogP contribution in [0.5, 0.6) is 5.75 Å². The van der Waals surface area contributed by atoms with E-state index in [1.807, 2.05) is 6.92 Å². The number of rotatable bonds is 5. The summed E-state index contributed by atoms with van der Waals surface area (Å²) in [5.74, 6) is 1.24. The summed E-state index contributed by atoms with van der Waals surface area (Å²) in [6.45, 7) is 4.78. The third kappa shape index (κ3) is 2.70. The van der Waals surface area contributed by atoms with Crippen LogP contribution in [0.25, 0.3) is 0 Å². The molecule has 5 nitrogen and oxygen atoms in total. The highest BCUT2D eigenvalue weighted by Gasteiger charge is 2.24. The fraction of sp³-hybridized carbons (Fsp3) is 0.750. The topological polar surface area (TPSA) is 54.6 Å². The maximum Gasteiger partial charge on any atom is 0.197 e. The second kappa shape index (κ2) is 5.75. The van der Waals surface area contributed by atoms with Gasteiger partial charge in [-0.3, -0.25) is 0 Å². The summed E-state index contributed by atoms with van der Waals surface area (Å²) >= 11 is 1.42. The summed E-state index contributed by atoms with van der Waals surface area (Å²) in [5, 5.41) is 1.04. The van der Waals surface area contributed by atoms with Crippen LogP contribution < -0.4 is 15.4 Å². The molecule has 2 heterocycles. The minimum atomic E-state index is 0.503. The number of nitrogens with zero attached hydrogens (tertiary/aromatic N) is 3. The van der Waals surface area contributed by atoms with Crippen LogP contribution in [0.1, 0.15) is 19.8 Å². The van der Waals surface area contributed by atoms with E-state index in [4.69, 9.17) is 10.5 Å². The minimum absolute atomic E-state index is 0.503. The summed E-state index contributed by atoms with van der Waals surface area (Å²) in [6, 6.07) is 0.618. The van der Waals surface area contributed by atoms with Gasteiger partial charge in [-0.15, -0.1) is 0 Å². The Balaban J connectivity index is 2.06. The van der Waals surface area contributed by atoms with Crippen LogP contribution in [-0.2, 0) is 0 Å². The lowest BCUT2D eigenvalue weighted by molar-refractivity contribution is 0.312. The van der Waals surface area contributed by atoms with Crippen LogP contribution in [0, 0.1) is 0 Å². The second-order valence-corrected chi connectivity index (χ2v) is 5.54. The molecule has 1 unspecified atom stereocenters. The van der Waals surface area contributed by atoms with Gasteiger partial charge in [0, 0.05) is 19.6 Å². The van der Waals surface area contributed by atoms with E-state index >= 15 is 0 Å². The van der Waals surface area contributed by atoms with E-state index < -0.39 is 0 Å². The van der Waals surface area contributed by atoms with Crippen molar-refractivity contribution in [3.8, 4) is 5.75 Å². The molecule has 102 valence electrons. The third-order valence-corrected chi connectivity index (χ3v) is 4.41. The van der Waals surface area contributed by atoms with E-state index in [0.717, 1.165) is 17.3 Å². The zero-order valence-corrected chi connectivity index (χ0v) is 12.2. The molecule has 1 saturated heterocycles. The van der Waals surface area contributed by atoms with Crippen LogP contribution >= 0.6 is 11.5 Å². The van der Waals surface area contributed by atoms with Crippen LogP contribution in [-0.4, -0.2) is 49.1 Å². The number of anilines is 2. The lowest BCUT2D eigenvalue weighted by Gasteiger charge is -2.26. The lowest BCUT2D eigenvalue weighted by Crippen LogP contribution is -2.36. The molecule has 0 aromatic carbocycles. The molecule has 0 bridgehead atoms. The number of nitrogen functional groups attached to an aromatic ring is 1. The van der Waals surface area contributed by atoms with E-state index in [0.29, 0.717) is 18.5 Å². The summed E-state index contributed by atoms with van der Waals surface area (Å²) < 4.78 is 9.78. The number of ether oxygens (including phenoxy) is 1. The summed E-state index contributed by atoms with van der Waals surface area (Å²) in [5.41, 5.74) is 5.84. The molecular weight excluding hydrogens is 248 g/mol. The van der Waals surface area contributed by atoms with Gasteiger partial charge in [0.15, 0.2) is 16.6 Å². The van der Waals surface area contributed by atoms with Crippen LogP contribution in [0.15, 0.2) is 0 Å². The van der Waals surface area contributed by atoms with E-state index in [9.17, 15) is 0 Å². The number of aromatic nitrogens is 1. The van der Waals surface area contributed by atoms with Crippen molar-refractivity contribution in [1.82, 2.24) is 9.27 Å². The summed E-state index contributed by atoms with van der Waals surface area (Å²) in [6.07, 6.45) is 2.55. The average molecular weight is 270 g/mol. The standard InChI is InChI=1S/C12H22N4OS/c1-4-17-10-11(13)14-18-12(10)16(3)8-9-6-5-7-15(9)2/h9H,4-8H2,1-3H3,(H2,13,14). The monoisotopic (exact) mass is 270 g/mol. The van der Waals surface area contributed by atoms with Gasteiger partial charge in [0.05, 0.1) is 6.61 Å². The minimum Gasteiger partial charge on any atom is -0.487 e. The first kappa shape index (κ1) is 13.4. The maximum atomic E-state index is 5.84. The van der Waals surface area contributed by atoms with Gasteiger partial charge in [-0.05, 0) is 44.9 Å². The van der Waals surface area contributed by atoms with Crippen molar-refractivity contribution in [2.45, 2.75) is 25.8 Å². The van der Waals surface area contributed by atoms with E-state index in [1.54, 1.807) is 0 Å². The second-order valence-electron chi connectivity index (χ2n) is 4.79. The van der Waals surface area contributed by atoms with Gasteiger partial charge >= 0.3 is 0 Å². The van der Waals surface area contributed by atoms with Crippen LogP contribution in [0.2, 0.25) is 0 Å². The molecule has 18 heavy (non-hydrogen) atoms. The Labute approximate surface area is 113 Å². The fourth-order valence-electron chi connectivity index (χ4n) is 2.42. The van der Waals surface area contributed by atoms with Gasteiger partial charge in [0.1, 0.15) is 0 Å². The van der Waals surface area contributed by atoms with Gasteiger partial charge in [-0.1, -0.05) is 0 Å². The quantitative estimate of drug-likeness (QED) is 0.882. The molecule has 0 aliphatic carbocycles. The molecule has 1 aliphatic heterocycles. The van der Waals surface area contributed by atoms with Crippen molar-refractivity contribution in [3.05, 3.63) is 0 Å². The zero-order chi connectivity index (χ0) is 13.1. The van der Waals surface area contributed by atoms with Crippen molar-refractivity contribution in [3.63, 3.8) is 0 Å². The Morgan fingerprint density at radius 3 is 3.00 bits per heavy atom. The van der Waals surface area contributed by atoms with Crippen molar-refractivity contribution < 1.29 is 4.74 Å². The number of likely N-dealkylation sites (N-methyl/N-ethyl adjacent to an activating group) is 2. The highest BCUT2D eigenvalue weighted by molar-refractivity contribution is 7.11. The van der Waals surface area contributed by atoms with Gasteiger partial charge in [0.2, 0.25) is 0 Å². The molecule has 1 aromatic rings. The first-order valence-electron chi connectivity index (χ1n) is 6.42. The Hall–Kier alpha value is -1.01. The van der Waals surface area contributed by atoms with Crippen molar-refractivity contribution >= 4 is 22.4 Å². The molecule has 2 rings (SSSR count). The zero-order valence-electron chi connectivity index (χ0n) is 11.3. The molecule has 2 N–H and O–H groups in total. The molecular formula is C12H22N4OS. The van der Waals surface area contributed by atoms with Crippen LogP contribution in [0.4, 0.5) is 10.8 Å². The normalized spacial score (nSPS) is 20.3. The van der Waals surface area contributed by atoms with E-state index in [2.05, 4.69) is 28.3 Å². The van der Waals surface area contributed by atoms with E-state index in [-0.39, 0.29) is 0 Å². The first-order valence-corrected chi connectivity index (χ1v) is 7.20. The molecule has 1 aliphatic rings. The molecule has 0 radical (unpaired) electrons. The smallest absolute Gasteiger partial charge is 0.197 e. The Kier molecular flexibility index (Phi) is 4.29. The van der Waals surface area contributed by atoms with Crippen molar-refractivity contribution in [1.29, 1.82) is 0 Å². The molecule has 6 heteroatoms.